The van der Waals surface area contributed by atoms with Crippen molar-refractivity contribution < 1.29 is 4.79 Å². The van der Waals surface area contributed by atoms with Gasteiger partial charge in [0.2, 0.25) is 0 Å². The summed E-state index contributed by atoms with van der Waals surface area (Å²) in [6, 6.07) is 8.82. The fraction of sp³-hybridized carbons (Fsp3) is 0.267. The molecular weight excluding hydrogens is 302 g/mol. The first-order valence-electron chi connectivity index (χ1n) is 6.90. The Morgan fingerprint density at radius 1 is 1.14 bits per heavy atom. The summed E-state index contributed by atoms with van der Waals surface area (Å²) in [5.74, 6) is 0.679. The van der Waals surface area contributed by atoms with Crippen LogP contribution in [-0.2, 0) is 0 Å². The molecule has 7 heteroatoms. The molecule has 1 aromatic heterocycles. The number of nitrogens with zero attached hydrogens (tertiary/aromatic N) is 2. The number of carbonyl (C=O) groups excluding carboxylic acids is 1. The first-order valence-corrected chi connectivity index (χ1v) is 7.27. The molecule has 2 rings (SSSR count). The maximum Gasteiger partial charge on any atom is 0.319 e. The molecule has 2 aromatic rings. The minimum Gasteiger partial charge on any atom is -0.367 e. The molecule has 1 aromatic carbocycles. The number of aryl methyl sites for hydroxylation is 2. The number of aromatic nitrogens is 2. The van der Waals surface area contributed by atoms with E-state index in [4.69, 9.17) is 11.6 Å². The quantitative estimate of drug-likeness (QED) is 0.740. The van der Waals surface area contributed by atoms with Gasteiger partial charge in [-0.2, -0.15) is 5.10 Å². The Labute approximate surface area is 134 Å². The Kier molecular flexibility index (Phi) is 5.55. The maximum atomic E-state index is 11.7. The number of benzene rings is 1. The summed E-state index contributed by atoms with van der Waals surface area (Å²) in [6.45, 7) is 4.80. The van der Waals surface area contributed by atoms with Crippen LogP contribution in [0.1, 0.15) is 11.3 Å². The van der Waals surface area contributed by atoms with Crippen LogP contribution in [0.2, 0.25) is 5.02 Å². The van der Waals surface area contributed by atoms with Gasteiger partial charge in [-0.1, -0.05) is 17.7 Å². The number of nitrogens with one attached hydrogen (secondary N) is 3. The fourth-order valence-corrected chi connectivity index (χ4v) is 1.89. The molecule has 0 unspecified atom stereocenters. The third kappa shape index (κ3) is 4.89. The normalized spacial score (nSPS) is 10.1. The number of hydrogen-bond donors (Lipinski definition) is 3. The Morgan fingerprint density at radius 3 is 2.64 bits per heavy atom. The van der Waals surface area contributed by atoms with Gasteiger partial charge in [0.25, 0.3) is 0 Å². The Hall–Kier alpha value is -2.34. The number of carbonyl (C=O) groups is 1. The minimum absolute atomic E-state index is 0.281. The van der Waals surface area contributed by atoms with Crippen molar-refractivity contribution >= 4 is 29.1 Å². The molecule has 22 heavy (non-hydrogen) atoms. The van der Waals surface area contributed by atoms with Crippen LogP contribution in [0.4, 0.5) is 16.3 Å². The Balaban J connectivity index is 1.71. The standard InChI is InChI=1S/C15H18ClN5O/c1-10-3-5-12(9-13(10)16)19-15(22)18-8-7-17-14-6-4-11(2)20-21-14/h3-6,9H,7-8H2,1-2H3,(H,17,21)(H2,18,19,22). The van der Waals surface area contributed by atoms with Crippen molar-refractivity contribution in [1.29, 1.82) is 0 Å². The topological polar surface area (TPSA) is 78.9 Å². The summed E-state index contributed by atoms with van der Waals surface area (Å²) in [7, 11) is 0. The lowest BCUT2D eigenvalue weighted by Gasteiger charge is -2.09. The Bertz CT molecular complexity index is 645. The van der Waals surface area contributed by atoms with Crippen molar-refractivity contribution in [3.63, 3.8) is 0 Å². The van der Waals surface area contributed by atoms with Crippen molar-refractivity contribution in [1.82, 2.24) is 15.5 Å². The lowest BCUT2D eigenvalue weighted by Crippen LogP contribution is -2.32. The zero-order chi connectivity index (χ0) is 15.9. The number of amides is 2. The van der Waals surface area contributed by atoms with E-state index in [1.807, 2.05) is 32.0 Å². The van der Waals surface area contributed by atoms with Crippen LogP contribution in [0.5, 0.6) is 0 Å². The SMILES string of the molecule is Cc1ccc(NCCNC(=O)Nc2ccc(C)c(Cl)c2)nn1. The first kappa shape index (κ1) is 16.0. The molecule has 0 aliphatic heterocycles. The molecule has 0 spiro atoms. The van der Waals surface area contributed by atoms with E-state index < -0.39 is 0 Å². The third-order valence-electron chi connectivity index (χ3n) is 2.94. The highest BCUT2D eigenvalue weighted by atomic mass is 35.5. The molecule has 0 bridgehead atoms. The smallest absolute Gasteiger partial charge is 0.319 e. The van der Waals surface area contributed by atoms with Gasteiger partial charge in [-0.25, -0.2) is 4.79 Å². The number of rotatable bonds is 5. The lowest BCUT2D eigenvalue weighted by atomic mass is 10.2. The minimum atomic E-state index is -0.281. The van der Waals surface area contributed by atoms with Crippen LogP contribution in [0.15, 0.2) is 30.3 Å². The van der Waals surface area contributed by atoms with Crippen molar-refractivity contribution in [2.24, 2.45) is 0 Å². The van der Waals surface area contributed by atoms with Crippen LogP contribution < -0.4 is 16.0 Å². The van der Waals surface area contributed by atoms with E-state index in [0.29, 0.717) is 29.6 Å². The highest BCUT2D eigenvalue weighted by Crippen LogP contribution is 2.19. The molecule has 1 heterocycles. The van der Waals surface area contributed by atoms with Crippen LogP contribution >= 0.6 is 11.6 Å². The second-order valence-electron chi connectivity index (χ2n) is 4.83. The maximum absolute atomic E-state index is 11.7. The van der Waals surface area contributed by atoms with Gasteiger partial charge in [-0.05, 0) is 43.7 Å². The average molecular weight is 320 g/mol. The molecule has 0 aliphatic rings. The van der Waals surface area contributed by atoms with Crippen molar-refractivity contribution in [2.45, 2.75) is 13.8 Å². The van der Waals surface area contributed by atoms with E-state index in [-0.39, 0.29) is 6.03 Å². The van der Waals surface area contributed by atoms with Gasteiger partial charge < -0.3 is 16.0 Å². The zero-order valence-electron chi connectivity index (χ0n) is 12.5. The third-order valence-corrected chi connectivity index (χ3v) is 3.35. The van der Waals surface area contributed by atoms with E-state index in [2.05, 4.69) is 26.1 Å². The van der Waals surface area contributed by atoms with Crippen LogP contribution in [0.3, 0.4) is 0 Å². The largest absolute Gasteiger partial charge is 0.367 e. The lowest BCUT2D eigenvalue weighted by molar-refractivity contribution is 0.252. The molecule has 2 amide bonds. The van der Waals surface area contributed by atoms with Gasteiger partial charge in [-0.3, -0.25) is 0 Å². The summed E-state index contributed by atoms with van der Waals surface area (Å²) in [5.41, 5.74) is 2.49. The highest BCUT2D eigenvalue weighted by Gasteiger charge is 2.03. The van der Waals surface area contributed by atoms with E-state index in [0.717, 1.165) is 11.3 Å². The van der Waals surface area contributed by atoms with Crippen LogP contribution in [0.25, 0.3) is 0 Å². The van der Waals surface area contributed by atoms with E-state index in [9.17, 15) is 4.79 Å². The molecule has 6 nitrogen and oxygen atoms in total. The summed E-state index contributed by atoms with van der Waals surface area (Å²) < 4.78 is 0. The van der Waals surface area contributed by atoms with Crippen LogP contribution in [-0.4, -0.2) is 29.3 Å². The Morgan fingerprint density at radius 2 is 1.95 bits per heavy atom. The number of anilines is 2. The van der Waals surface area contributed by atoms with Crippen molar-refractivity contribution in [3.05, 3.63) is 46.6 Å². The van der Waals surface area contributed by atoms with Gasteiger partial charge in [0.15, 0.2) is 0 Å². The number of urea groups is 1. The molecule has 116 valence electrons. The summed E-state index contributed by atoms with van der Waals surface area (Å²) in [6.07, 6.45) is 0. The predicted molar refractivity (Wildman–Crippen MR) is 88.5 cm³/mol. The molecule has 0 atom stereocenters. The number of halogens is 1. The summed E-state index contributed by atoms with van der Waals surface area (Å²) in [4.78, 5) is 11.7. The summed E-state index contributed by atoms with van der Waals surface area (Å²) >= 11 is 6.01. The van der Waals surface area contributed by atoms with E-state index in [1.54, 1.807) is 12.1 Å². The van der Waals surface area contributed by atoms with E-state index in [1.165, 1.54) is 0 Å². The molecular formula is C15H18ClN5O. The molecule has 0 aliphatic carbocycles. The van der Waals surface area contributed by atoms with E-state index >= 15 is 0 Å². The van der Waals surface area contributed by atoms with Gasteiger partial charge >= 0.3 is 6.03 Å². The van der Waals surface area contributed by atoms with Gasteiger partial charge in [0.05, 0.1) is 5.69 Å². The molecule has 0 saturated heterocycles. The zero-order valence-corrected chi connectivity index (χ0v) is 13.2. The summed E-state index contributed by atoms with van der Waals surface area (Å²) in [5, 5.41) is 17.1. The van der Waals surface area contributed by atoms with Gasteiger partial charge in [0.1, 0.15) is 5.82 Å². The molecule has 0 saturated carbocycles. The number of hydrogen-bond acceptors (Lipinski definition) is 4. The molecule has 0 fully saturated rings. The van der Waals surface area contributed by atoms with Gasteiger partial charge in [-0.15, -0.1) is 5.10 Å². The van der Waals surface area contributed by atoms with Crippen molar-refractivity contribution in [3.8, 4) is 0 Å². The predicted octanol–water partition coefficient (Wildman–Crippen LogP) is 2.98. The fourth-order valence-electron chi connectivity index (χ4n) is 1.71. The van der Waals surface area contributed by atoms with Gasteiger partial charge in [0, 0.05) is 23.8 Å². The van der Waals surface area contributed by atoms with Crippen molar-refractivity contribution in [2.75, 3.05) is 23.7 Å². The second-order valence-corrected chi connectivity index (χ2v) is 5.24. The first-order chi connectivity index (χ1) is 10.5. The average Bonchev–Trinajstić information content (AvgIpc) is 2.49. The highest BCUT2D eigenvalue weighted by molar-refractivity contribution is 6.31. The molecule has 3 N–H and O–H groups in total. The second kappa shape index (κ2) is 7.61. The van der Waals surface area contributed by atoms with Crippen LogP contribution in [0, 0.1) is 13.8 Å². The molecule has 0 radical (unpaired) electrons. The monoisotopic (exact) mass is 319 g/mol.